The van der Waals surface area contributed by atoms with Gasteiger partial charge in [-0.3, -0.25) is 9.78 Å². The third-order valence-electron chi connectivity index (χ3n) is 5.31. The molecule has 2 aromatic carbocycles. The minimum absolute atomic E-state index is 0.215. The van der Waals surface area contributed by atoms with E-state index < -0.39 is 5.41 Å². The van der Waals surface area contributed by atoms with Gasteiger partial charge in [0.1, 0.15) is 0 Å². The van der Waals surface area contributed by atoms with Crippen molar-refractivity contribution >= 4 is 11.6 Å². The summed E-state index contributed by atoms with van der Waals surface area (Å²) in [5.41, 5.74) is 5.35. The normalized spacial score (nSPS) is 10.9. The van der Waals surface area contributed by atoms with E-state index in [0.29, 0.717) is 28.3 Å². The van der Waals surface area contributed by atoms with Crippen LogP contribution >= 0.6 is 0 Å². The molecule has 1 heterocycles. The van der Waals surface area contributed by atoms with E-state index in [-0.39, 0.29) is 5.56 Å². The van der Waals surface area contributed by atoms with Crippen molar-refractivity contribution < 1.29 is 0 Å². The minimum Gasteiger partial charge on any atom is -0.326 e. The lowest BCUT2D eigenvalue weighted by Crippen LogP contribution is -2.29. The summed E-state index contributed by atoms with van der Waals surface area (Å²) in [6.07, 6.45) is 0. The molecule has 0 spiro atoms. The molecule has 0 aliphatic rings. The van der Waals surface area contributed by atoms with Gasteiger partial charge in [-0.15, -0.1) is 0 Å². The molecule has 6 heteroatoms. The van der Waals surface area contributed by atoms with Gasteiger partial charge in [-0.25, -0.2) is 4.98 Å². The van der Waals surface area contributed by atoms with Crippen LogP contribution in [0.5, 0.6) is 0 Å². The lowest BCUT2D eigenvalue weighted by Gasteiger charge is -2.30. The van der Waals surface area contributed by atoms with Gasteiger partial charge in [0.2, 0.25) is 5.95 Å². The first-order valence-corrected chi connectivity index (χ1v) is 9.57. The van der Waals surface area contributed by atoms with Crippen molar-refractivity contribution in [3.8, 4) is 12.1 Å². The van der Waals surface area contributed by atoms with E-state index >= 15 is 0 Å². The predicted octanol–water partition coefficient (Wildman–Crippen LogP) is 4.51. The second-order valence-corrected chi connectivity index (χ2v) is 7.92. The zero-order valence-electron chi connectivity index (χ0n) is 17.7. The maximum Gasteiger partial charge on any atom is 0.255 e. The predicted molar refractivity (Wildman–Crippen MR) is 117 cm³/mol. The van der Waals surface area contributed by atoms with Crippen molar-refractivity contribution in [3.63, 3.8) is 0 Å². The lowest BCUT2D eigenvalue weighted by atomic mass is 9.75. The van der Waals surface area contributed by atoms with E-state index in [9.17, 15) is 10.1 Å². The van der Waals surface area contributed by atoms with Crippen LogP contribution < -0.4 is 10.9 Å². The van der Waals surface area contributed by atoms with Crippen molar-refractivity contribution in [1.29, 1.82) is 10.5 Å². The number of rotatable bonds is 4. The molecule has 0 bridgehead atoms. The topological polar surface area (TPSA) is 105 Å². The van der Waals surface area contributed by atoms with Crippen LogP contribution in [0.4, 0.5) is 11.6 Å². The number of nitrogens with zero attached hydrogens (tertiary/aromatic N) is 3. The van der Waals surface area contributed by atoms with Gasteiger partial charge in [0, 0.05) is 16.7 Å². The van der Waals surface area contributed by atoms with Gasteiger partial charge in [-0.2, -0.15) is 10.5 Å². The summed E-state index contributed by atoms with van der Waals surface area (Å²) in [5, 5.41) is 21.3. The Balaban J connectivity index is 2.10. The molecular formula is C24H23N5O. The van der Waals surface area contributed by atoms with Gasteiger partial charge in [0.25, 0.3) is 5.56 Å². The Bertz CT molecular complexity index is 1230. The number of aromatic amines is 1. The van der Waals surface area contributed by atoms with Crippen molar-refractivity contribution in [2.24, 2.45) is 0 Å². The maximum absolute atomic E-state index is 12.7. The van der Waals surface area contributed by atoms with Crippen LogP contribution in [0.1, 0.15) is 52.9 Å². The van der Waals surface area contributed by atoms with Crippen LogP contribution in [0.25, 0.3) is 0 Å². The van der Waals surface area contributed by atoms with Crippen LogP contribution in [-0.2, 0) is 5.41 Å². The smallest absolute Gasteiger partial charge is 0.255 e. The van der Waals surface area contributed by atoms with E-state index in [1.165, 1.54) is 0 Å². The summed E-state index contributed by atoms with van der Waals surface area (Å²) in [5.74, 6) is 0.335. The first-order chi connectivity index (χ1) is 14.2. The van der Waals surface area contributed by atoms with Crippen LogP contribution in [-0.4, -0.2) is 9.97 Å². The summed E-state index contributed by atoms with van der Waals surface area (Å²) >= 11 is 0. The molecule has 150 valence electrons. The molecule has 0 unspecified atom stereocenters. The molecule has 0 atom stereocenters. The largest absolute Gasteiger partial charge is 0.326 e. The number of aryl methyl sites for hydroxylation is 2. The lowest BCUT2D eigenvalue weighted by molar-refractivity contribution is 0.599. The van der Waals surface area contributed by atoms with Crippen LogP contribution in [0.15, 0.2) is 41.2 Å². The number of H-pyrrole nitrogens is 1. The number of aromatic nitrogens is 2. The fourth-order valence-electron chi connectivity index (χ4n) is 4.10. The summed E-state index contributed by atoms with van der Waals surface area (Å²) in [6, 6.07) is 14.9. The van der Waals surface area contributed by atoms with Gasteiger partial charge in [-0.1, -0.05) is 13.8 Å². The number of anilines is 2. The molecule has 1 aromatic heterocycles. The third kappa shape index (κ3) is 3.81. The average Bonchev–Trinajstić information content (AvgIpc) is 2.70. The number of hydrogen-bond donors (Lipinski definition) is 2. The second-order valence-electron chi connectivity index (χ2n) is 7.92. The summed E-state index contributed by atoms with van der Waals surface area (Å²) in [7, 11) is 0. The number of hydrogen-bond acceptors (Lipinski definition) is 5. The number of nitrogens with one attached hydrogen (secondary N) is 2. The molecule has 0 aliphatic carbocycles. The Labute approximate surface area is 175 Å². The molecular weight excluding hydrogens is 374 g/mol. The van der Waals surface area contributed by atoms with E-state index in [1.807, 2.05) is 39.8 Å². The fraction of sp³-hybridized carbons (Fsp3) is 0.250. The van der Waals surface area contributed by atoms with Crippen molar-refractivity contribution in [2.45, 2.75) is 40.0 Å². The van der Waals surface area contributed by atoms with Crippen molar-refractivity contribution in [3.05, 3.63) is 85.8 Å². The molecule has 0 radical (unpaired) electrons. The zero-order valence-corrected chi connectivity index (χ0v) is 17.7. The summed E-state index contributed by atoms with van der Waals surface area (Å²) in [6.45, 7) is 9.79. The molecule has 0 amide bonds. The Morgan fingerprint density at radius 2 is 1.53 bits per heavy atom. The fourth-order valence-corrected chi connectivity index (χ4v) is 4.10. The van der Waals surface area contributed by atoms with E-state index in [2.05, 4.69) is 22.4 Å². The third-order valence-corrected chi connectivity index (χ3v) is 5.31. The second kappa shape index (κ2) is 7.85. The maximum atomic E-state index is 12.7. The molecule has 2 N–H and O–H groups in total. The van der Waals surface area contributed by atoms with E-state index in [1.54, 1.807) is 31.2 Å². The highest BCUT2D eigenvalue weighted by Gasteiger charge is 2.31. The first-order valence-electron chi connectivity index (χ1n) is 9.57. The molecule has 0 aliphatic heterocycles. The summed E-state index contributed by atoms with van der Waals surface area (Å²) in [4.78, 5) is 20.2. The number of nitriles is 2. The number of benzene rings is 2. The Morgan fingerprint density at radius 1 is 0.967 bits per heavy atom. The van der Waals surface area contributed by atoms with Gasteiger partial charge >= 0.3 is 0 Å². The monoisotopic (exact) mass is 397 g/mol. The summed E-state index contributed by atoms with van der Waals surface area (Å²) < 4.78 is 0. The Kier molecular flexibility index (Phi) is 5.45. The van der Waals surface area contributed by atoms with Crippen molar-refractivity contribution in [1.82, 2.24) is 9.97 Å². The standard InChI is InChI=1S/C24H23N5O/c1-14-10-18(13-26)11-15(2)20(14)24(4,5)21-16(3)22(30)29-23(28-21)27-19-8-6-17(12-25)7-9-19/h6-11H,1-5H3,(H2,27,28,29,30). The molecule has 3 aromatic rings. The SMILES string of the molecule is Cc1cc(C#N)cc(C)c1C(C)(C)c1nc(Nc2ccc(C#N)cc2)[nH]c(=O)c1C. The van der Waals surface area contributed by atoms with Gasteiger partial charge in [0.05, 0.1) is 29.0 Å². The molecule has 3 rings (SSSR count). The van der Waals surface area contributed by atoms with Crippen molar-refractivity contribution in [2.75, 3.05) is 5.32 Å². The molecule has 6 nitrogen and oxygen atoms in total. The molecule has 0 fully saturated rings. The average molecular weight is 397 g/mol. The quantitative estimate of drug-likeness (QED) is 0.674. The minimum atomic E-state index is -0.554. The Morgan fingerprint density at radius 3 is 2.07 bits per heavy atom. The molecule has 30 heavy (non-hydrogen) atoms. The highest BCUT2D eigenvalue weighted by atomic mass is 16.1. The van der Waals surface area contributed by atoms with Crippen LogP contribution in [0.3, 0.4) is 0 Å². The highest BCUT2D eigenvalue weighted by Crippen LogP contribution is 2.36. The van der Waals surface area contributed by atoms with E-state index in [0.717, 1.165) is 22.4 Å². The van der Waals surface area contributed by atoms with E-state index in [4.69, 9.17) is 10.2 Å². The zero-order chi connectivity index (χ0) is 22.1. The van der Waals surface area contributed by atoms with Crippen LogP contribution in [0.2, 0.25) is 0 Å². The van der Waals surface area contributed by atoms with Gasteiger partial charge in [-0.05, 0) is 73.9 Å². The van der Waals surface area contributed by atoms with Gasteiger partial charge in [0.15, 0.2) is 0 Å². The Hall–Kier alpha value is -3.90. The first kappa shape index (κ1) is 20.8. The van der Waals surface area contributed by atoms with Gasteiger partial charge < -0.3 is 5.32 Å². The molecule has 0 saturated heterocycles. The highest BCUT2D eigenvalue weighted by molar-refractivity contribution is 5.56. The van der Waals surface area contributed by atoms with Crippen LogP contribution in [0, 0.1) is 43.4 Å². The molecule has 0 saturated carbocycles.